The van der Waals surface area contributed by atoms with Gasteiger partial charge >= 0.3 is 5.97 Å². The monoisotopic (exact) mass is 286 g/mol. The van der Waals surface area contributed by atoms with E-state index in [0.29, 0.717) is 12.2 Å². The lowest BCUT2D eigenvalue weighted by atomic mass is 10.2. The Morgan fingerprint density at radius 2 is 2.11 bits per heavy atom. The van der Waals surface area contributed by atoms with Gasteiger partial charge in [-0.2, -0.15) is 0 Å². The Labute approximate surface area is 113 Å². The van der Waals surface area contributed by atoms with Crippen LogP contribution in [0, 0.1) is 0 Å². The van der Waals surface area contributed by atoms with Gasteiger partial charge in [0.15, 0.2) is 5.75 Å². The molecule has 0 bridgehead atoms. The van der Waals surface area contributed by atoms with E-state index in [1.54, 1.807) is 32.2 Å². The molecule has 106 valence electrons. The van der Waals surface area contributed by atoms with Crippen LogP contribution in [0.1, 0.15) is 12.5 Å². The summed E-state index contributed by atoms with van der Waals surface area (Å²) in [5.74, 6) is -1.45. The molecule has 0 fully saturated rings. The van der Waals surface area contributed by atoms with E-state index in [9.17, 15) is 13.2 Å². The fourth-order valence-electron chi connectivity index (χ4n) is 1.52. The van der Waals surface area contributed by atoms with Crippen molar-refractivity contribution in [1.29, 1.82) is 0 Å². The van der Waals surface area contributed by atoms with Crippen LogP contribution in [0.15, 0.2) is 24.3 Å². The van der Waals surface area contributed by atoms with Gasteiger partial charge in [-0.15, -0.1) is 0 Å². The largest absolute Gasteiger partial charge is 0.465 e. The highest BCUT2D eigenvalue weighted by Gasteiger charge is 2.17. The molecule has 0 saturated heterocycles. The number of carbonyl (C=O) groups excluding carboxylic acids is 1. The maximum atomic E-state index is 11.7. The average molecular weight is 286 g/mol. The van der Waals surface area contributed by atoms with Crippen LogP contribution in [-0.4, -0.2) is 33.8 Å². The molecule has 0 unspecified atom stereocenters. The molecule has 0 saturated carbocycles. The van der Waals surface area contributed by atoms with Gasteiger partial charge in [-0.3, -0.25) is 9.52 Å². The number of ether oxygens (including phenoxy) is 1. The molecule has 1 rings (SSSR count). The molecule has 7 heteroatoms. The number of sulfonamides is 1. The summed E-state index contributed by atoms with van der Waals surface area (Å²) < 4.78 is 30.4. The summed E-state index contributed by atoms with van der Waals surface area (Å²) in [6, 6.07) is 6.95. The van der Waals surface area contributed by atoms with Gasteiger partial charge in [0.25, 0.3) is 0 Å². The smallest absolute Gasteiger partial charge is 0.323 e. The number of rotatable bonds is 7. The molecule has 0 spiro atoms. The van der Waals surface area contributed by atoms with E-state index in [1.165, 1.54) is 0 Å². The molecule has 1 aromatic carbocycles. The molecule has 6 nitrogen and oxygen atoms in total. The number of hydrogen-bond acceptors (Lipinski definition) is 5. The van der Waals surface area contributed by atoms with Gasteiger partial charge in [0.1, 0.15) is 0 Å². The maximum absolute atomic E-state index is 11.7. The minimum absolute atomic E-state index is 0.159. The molecule has 0 aliphatic rings. The minimum Gasteiger partial charge on any atom is -0.465 e. The summed E-state index contributed by atoms with van der Waals surface area (Å²) in [5, 5.41) is 2.97. The first-order chi connectivity index (χ1) is 8.96. The minimum atomic E-state index is -3.73. The van der Waals surface area contributed by atoms with Crippen molar-refractivity contribution in [2.45, 2.75) is 13.5 Å². The third-order valence-electron chi connectivity index (χ3n) is 2.19. The Morgan fingerprint density at radius 3 is 2.74 bits per heavy atom. The van der Waals surface area contributed by atoms with Crippen molar-refractivity contribution in [3.05, 3.63) is 29.8 Å². The molecular weight excluding hydrogens is 268 g/mol. The van der Waals surface area contributed by atoms with Gasteiger partial charge in [0, 0.05) is 12.2 Å². The van der Waals surface area contributed by atoms with E-state index in [0.717, 1.165) is 5.56 Å². The lowest BCUT2D eigenvalue weighted by Crippen LogP contribution is -2.24. The standard InChI is InChI=1S/C12H18N2O4S/c1-3-18-12(15)9-19(16,17)14-11-6-4-5-10(7-11)8-13-2/h4-7,13-14H,3,8-9H2,1-2H3. The van der Waals surface area contributed by atoms with Crippen molar-refractivity contribution >= 4 is 21.7 Å². The van der Waals surface area contributed by atoms with Crippen molar-refractivity contribution in [3.63, 3.8) is 0 Å². The van der Waals surface area contributed by atoms with E-state index >= 15 is 0 Å². The van der Waals surface area contributed by atoms with Crippen LogP contribution in [0.25, 0.3) is 0 Å². The summed E-state index contributed by atoms with van der Waals surface area (Å²) in [7, 11) is -1.93. The predicted molar refractivity (Wildman–Crippen MR) is 73.2 cm³/mol. The van der Waals surface area contributed by atoms with Gasteiger partial charge in [0.2, 0.25) is 10.0 Å². The van der Waals surface area contributed by atoms with Crippen LogP contribution in [0.4, 0.5) is 5.69 Å². The quantitative estimate of drug-likeness (QED) is 0.721. The van der Waals surface area contributed by atoms with Crippen molar-refractivity contribution in [2.75, 3.05) is 24.1 Å². The Kier molecular flexibility index (Phi) is 5.78. The fourth-order valence-corrected chi connectivity index (χ4v) is 2.47. The van der Waals surface area contributed by atoms with Gasteiger partial charge in [-0.1, -0.05) is 12.1 Å². The first kappa shape index (κ1) is 15.5. The summed E-state index contributed by atoms with van der Waals surface area (Å²) in [4.78, 5) is 11.2. The summed E-state index contributed by atoms with van der Waals surface area (Å²) >= 11 is 0. The fraction of sp³-hybridized carbons (Fsp3) is 0.417. The lowest BCUT2D eigenvalue weighted by molar-refractivity contribution is -0.139. The van der Waals surface area contributed by atoms with Crippen molar-refractivity contribution in [1.82, 2.24) is 5.32 Å². The van der Waals surface area contributed by atoms with E-state index < -0.39 is 21.7 Å². The molecule has 0 atom stereocenters. The molecule has 1 aromatic rings. The molecule has 19 heavy (non-hydrogen) atoms. The highest BCUT2D eigenvalue weighted by molar-refractivity contribution is 7.93. The first-order valence-electron chi connectivity index (χ1n) is 5.86. The SMILES string of the molecule is CCOC(=O)CS(=O)(=O)Nc1cccc(CNC)c1. The topological polar surface area (TPSA) is 84.5 Å². The lowest BCUT2D eigenvalue weighted by Gasteiger charge is -2.09. The molecule has 0 heterocycles. The second-order valence-corrected chi connectivity index (χ2v) is 5.62. The molecule has 0 aliphatic carbocycles. The third-order valence-corrected chi connectivity index (χ3v) is 3.36. The van der Waals surface area contributed by atoms with Crippen molar-refractivity contribution in [3.8, 4) is 0 Å². The van der Waals surface area contributed by atoms with Gasteiger partial charge in [-0.05, 0) is 31.7 Å². The van der Waals surface area contributed by atoms with E-state index in [4.69, 9.17) is 0 Å². The van der Waals surface area contributed by atoms with Crippen LogP contribution >= 0.6 is 0 Å². The van der Waals surface area contributed by atoms with Crippen molar-refractivity contribution in [2.24, 2.45) is 0 Å². The zero-order valence-corrected chi connectivity index (χ0v) is 11.8. The number of nitrogens with one attached hydrogen (secondary N) is 2. The number of esters is 1. The third kappa shape index (κ3) is 5.71. The highest BCUT2D eigenvalue weighted by Crippen LogP contribution is 2.12. The second kappa shape index (κ2) is 7.10. The summed E-state index contributed by atoms with van der Waals surface area (Å²) in [5.41, 5.74) is 1.37. The molecular formula is C12H18N2O4S. The van der Waals surface area contributed by atoms with E-state index in [-0.39, 0.29) is 6.61 Å². The Morgan fingerprint density at radius 1 is 1.37 bits per heavy atom. The number of hydrogen-bond donors (Lipinski definition) is 2. The number of carbonyl (C=O) groups is 1. The normalized spacial score (nSPS) is 11.1. The van der Waals surface area contributed by atoms with E-state index in [1.807, 2.05) is 6.07 Å². The highest BCUT2D eigenvalue weighted by atomic mass is 32.2. The van der Waals surface area contributed by atoms with Crippen LogP contribution in [0.2, 0.25) is 0 Å². The molecule has 0 radical (unpaired) electrons. The van der Waals surface area contributed by atoms with Crippen LogP contribution in [0.5, 0.6) is 0 Å². The van der Waals surface area contributed by atoms with E-state index in [2.05, 4.69) is 14.8 Å². The molecule has 2 N–H and O–H groups in total. The Bertz CT molecular complexity index is 528. The maximum Gasteiger partial charge on any atom is 0.323 e. The first-order valence-corrected chi connectivity index (χ1v) is 7.51. The number of benzene rings is 1. The molecule has 0 aromatic heterocycles. The van der Waals surface area contributed by atoms with Crippen LogP contribution in [-0.2, 0) is 26.1 Å². The Hall–Kier alpha value is -1.60. The zero-order chi connectivity index (χ0) is 14.3. The predicted octanol–water partition coefficient (Wildman–Crippen LogP) is 0.711. The molecule has 0 amide bonds. The summed E-state index contributed by atoms with van der Waals surface area (Å²) in [6.45, 7) is 2.42. The zero-order valence-electron chi connectivity index (χ0n) is 11.0. The Balaban J connectivity index is 2.72. The van der Waals surface area contributed by atoms with Gasteiger partial charge < -0.3 is 10.1 Å². The van der Waals surface area contributed by atoms with Crippen LogP contribution in [0.3, 0.4) is 0 Å². The van der Waals surface area contributed by atoms with Crippen LogP contribution < -0.4 is 10.0 Å². The van der Waals surface area contributed by atoms with Gasteiger partial charge in [0.05, 0.1) is 6.61 Å². The van der Waals surface area contributed by atoms with Gasteiger partial charge in [-0.25, -0.2) is 8.42 Å². The second-order valence-electron chi connectivity index (χ2n) is 3.90. The molecule has 0 aliphatic heterocycles. The number of anilines is 1. The average Bonchev–Trinajstić information content (AvgIpc) is 2.28. The summed E-state index contributed by atoms with van der Waals surface area (Å²) in [6.07, 6.45) is 0. The van der Waals surface area contributed by atoms with Crippen molar-refractivity contribution < 1.29 is 17.9 Å².